The van der Waals surface area contributed by atoms with Crippen molar-refractivity contribution in [2.45, 2.75) is 58.9 Å². The van der Waals surface area contributed by atoms with E-state index in [1.807, 2.05) is 30.3 Å². The molecule has 0 spiro atoms. The summed E-state index contributed by atoms with van der Waals surface area (Å²) in [5, 5.41) is 6.70. The third kappa shape index (κ3) is 6.06. The quantitative estimate of drug-likeness (QED) is 0.355. The number of nitrogens with zero attached hydrogens (tertiary/aromatic N) is 3. The van der Waals surface area contributed by atoms with Gasteiger partial charge in [0.1, 0.15) is 5.82 Å². The number of aromatic nitrogens is 3. The lowest BCUT2D eigenvalue weighted by Crippen LogP contribution is -2.22. The lowest BCUT2D eigenvalue weighted by molar-refractivity contribution is 0.456. The summed E-state index contributed by atoms with van der Waals surface area (Å²) in [6.45, 7) is 6.77. The standard InChI is InChI=1S/C24H32BrN5O/c1-5-7-18(10-8-16(3)6-2)27-22-13-11-19(15-26-22)28-23-24(31)30(4)21-14-17(25)9-12-20(21)29-23/h9,11-16,18H,5-8,10H2,1-4H3,(H,26,27)(H,28,29). The van der Waals surface area contributed by atoms with Crippen LogP contribution >= 0.6 is 15.9 Å². The largest absolute Gasteiger partial charge is 0.367 e. The lowest BCUT2D eigenvalue weighted by atomic mass is 9.97. The molecule has 0 aliphatic carbocycles. The first-order chi connectivity index (χ1) is 14.9. The molecule has 1 aromatic carbocycles. The molecule has 2 N–H and O–H groups in total. The topological polar surface area (TPSA) is 71.8 Å². The lowest BCUT2D eigenvalue weighted by Gasteiger charge is -2.20. The fourth-order valence-electron chi connectivity index (χ4n) is 3.60. The average Bonchev–Trinajstić information content (AvgIpc) is 2.77. The van der Waals surface area contributed by atoms with E-state index in [0.717, 1.165) is 52.2 Å². The van der Waals surface area contributed by atoms with E-state index >= 15 is 0 Å². The van der Waals surface area contributed by atoms with Crippen LogP contribution in [0.15, 0.2) is 45.8 Å². The average molecular weight is 486 g/mol. The molecule has 7 heteroatoms. The fourth-order valence-corrected chi connectivity index (χ4v) is 3.95. The Morgan fingerprint density at radius 3 is 2.61 bits per heavy atom. The minimum absolute atomic E-state index is 0.180. The smallest absolute Gasteiger partial charge is 0.293 e. The summed E-state index contributed by atoms with van der Waals surface area (Å²) >= 11 is 3.44. The van der Waals surface area contributed by atoms with Crippen LogP contribution in [0.1, 0.15) is 52.9 Å². The molecule has 0 aliphatic heterocycles. The van der Waals surface area contributed by atoms with Crippen molar-refractivity contribution in [3.05, 3.63) is 51.4 Å². The van der Waals surface area contributed by atoms with Gasteiger partial charge in [0.25, 0.3) is 5.56 Å². The zero-order valence-electron chi connectivity index (χ0n) is 18.8. The van der Waals surface area contributed by atoms with Crippen LogP contribution in [0, 0.1) is 5.92 Å². The van der Waals surface area contributed by atoms with Gasteiger partial charge in [-0.05, 0) is 55.5 Å². The van der Waals surface area contributed by atoms with Gasteiger partial charge in [0.2, 0.25) is 0 Å². The van der Waals surface area contributed by atoms with Crippen molar-refractivity contribution in [3.63, 3.8) is 0 Å². The number of rotatable bonds is 10. The Balaban J connectivity index is 1.72. The van der Waals surface area contributed by atoms with Crippen LogP contribution in [0.2, 0.25) is 0 Å². The molecule has 3 aromatic rings. The second-order valence-corrected chi connectivity index (χ2v) is 9.15. The maximum absolute atomic E-state index is 12.7. The SMILES string of the molecule is CCCC(CCC(C)CC)Nc1ccc(Nc2nc3ccc(Br)cc3n(C)c2=O)cn1. The van der Waals surface area contributed by atoms with Crippen molar-refractivity contribution in [3.8, 4) is 0 Å². The van der Waals surface area contributed by atoms with Crippen LogP contribution in [-0.2, 0) is 7.05 Å². The van der Waals surface area contributed by atoms with Crippen LogP contribution in [-0.4, -0.2) is 20.6 Å². The van der Waals surface area contributed by atoms with Gasteiger partial charge in [0, 0.05) is 17.6 Å². The Labute approximate surface area is 192 Å². The molecule has 0 bridgehead atoms. The maximum Gasteiger partial charge on any atom is 0.293 e. The number of pyridine rings is 1. The van der Waals surface area contributed by atoms with Crippen LogP contribution in [0.4, 0.5) is 17.3 Å². The number of fused-ring (bicyclic) bond motifs is 1. The first-order valence-corrected chi connectivity index (χ1v) is 11.9. The van der Waals surface area contributed by atoms with Gasteiger partial charge >= 0.3 is 0 Å². The number of benzene rings is 1. The Bertz CT molecular complexity index is 1060. The van der Waals surface area contributed by atoms with Crippen LogP contribution in [0.25, 0.3) is 11.0 Å². The van der Waals surface area contributed by atoms with Crippen LogP contribution < -0.4 is 16.2 Å². The second-order valence-electron chi connectivity index (χ2n) is 8.24. The Morgan fingerprint density at radius 1 is 1.13 bits per heavy atom. The third-order valence-corrected chi connectivity index (χ3v) is 6.25. The van der Waals surface area contributed by atoms with E-state index in [1.54, 1.807) is 17.8 Å². The molecule has 3 rings (SSSR count). The molecule has 0 saturated heterocycles. The molecule has 0 aliphatic rings. The molecule has 2 atom stereocenters. The van der Waals surface area contributed by atoms with E-state index in [1.165, 1.54) is 12.8 Å². The van der Waals surface area contributed by atoms with Gasteiger partial charge in [-0.25, -0.2) is 9.97 Å². The predicted molar refractivity (Wildman–Crippen MR) is 133 cm³/mol. The number of aryl methyl sites for hydroxylation is 1. The zero-order valence-corrected chi connectivity index (χ0v) is 20.4. The highest BCUT2D eigenvalue weighted by molar-refractivity contribution is 9.10. The van der Waals surface area contributed by atoms with Crippen LogP contribution in [0.3, 0.4) is 0 Å². The van der Waals surface area contributed by atoms with Crippen molar-refractivity contribution in [1.82, 2.24) is 14.5 Å². The Kier molecular flexibility index (Phi) is 8.07. The van der Waals surface area contributed by atoms with Crippen molar-refractivity contribution in [2.75, 3.05) is 10.6 Å². The van der Waals surface area contributed by atoms with Gasteiger partial charge in [-0.15, -0.1) is 0 Å². The molecule has 0 saturated carbocycles. The van der Waals surface area contributed by atoms with Gasteiger partial charge in [0.15, 0.2) is 5.82 Å². The molecule has 2 unspecified atom stereocenters. The Morgan fingerprint density at radius 2 is 1.94 bits per heavy atom. The summed E-state index contributed by atoms with van der Waals surface area (Å²) < 4.78 is 2.51. The molecule has 31 heavy (non-hydrogen) atoms. The summed E-state index contributed by atoms with van der Waals surface area (Å²) in [7, 11) is 1.75. The normalized spacial score (nSPS) is 13.2. The Hall–Kier alpha value is -2.41. The van der Waals surface area contributed by atoms with E-state index in [2.05, 4.69) is 57.3 Å². The molecule has 0 fully saturated rings. The summed E-state index contributed by atoms with van der Waals surface area (Å²) in [6.07, 6.45) is 7.61. The van der Waals surface area contributed by atoms with E-state index in [4.69, 9.17) is 0 Å². The number of anilines is 3. The highest BCUT2D eigenvalue weighted by Gasteiger charge is 2.12. The van der Waals surface area contributed by atoms with E-state index in [-0.39, 0.29) is 11.4 Å². The van der Waals surface area contributed by atoms with E-state index < -0.39 is 0 Å². The van der Waals surface area contributed by atoms with E-state index in [9.17, 15) is 4.79 Å². The maximum atomic E-state index is 12.7. The van der Waals surface area contributed by atoms with Gasteiger partial charge < -0.3 is 15.2 Å². The van der Waals surface area contributed by atoms with Crippen LogP contribution in [0.5, 0.6) is 0 Å². The molecule has 166 valence electrons. The minimum Gasteiger partial charge on any atom is -0.367 e. The molecule has 0 amide bonds. The zero-order chi connectivity index (χ0) is 22.4. The van der Waals surface area contributed by atoms with Gasteiger partial charge in [-0.1, -0.05) is 49.5 Å². The minimum atomic E-state index is -0.180. The van der Waals surface area contributed by atoms with Crippen molar-refractivity contribution >= 4 is 44.3 Å². The second kappa shape index (κ2) is 10.8. The first kappa shape index (κ1) is 23.3. The van der Waals surface area contributed by atoms with Gasteiger partial charge in [0.05, 0.1) is 22.9 Å². The number of nitrogens with one attached hydrogen (secondary N) is 2. The first-order valence-electron chi connectivity index (χ1n) is 11.1. The van der Waals surface area contributed by atoms with Gasteiger partial charge in [-0.2, -0.15) is 0 Å². The summed E-state index contributed by atoms with van der Waals surface area (Å²) in [4.78, 5) is 21.8. The monoisotopic (exact) mass is 485 g/mol. The van der Waals surface area contributed by atoms with E-state index in [0.29, 0.717) is 6.04 Å². The van der Waals surface area contributed by atoms with Crippen molar-refractivity contribution < 1.29 is 0 Å². The van der Waals surface area contributed by atoms with Crippen molar-refractivity contribution in [1.29, 1.82) is 0 Å². The predicted octanol–water partition coefficient (Wildman–Crippen LogP) is 6.24. The highest BCUT2D eigenvalue weighted by atomic mass is 79.9. The summed E-state index contributed by atoms with van der Waals surface area (Å²) in [5.74, 6) is 1.90. The molecule has 6 nitrogen and oxygen atoms in total. The number of halogens is 1. The molecular weight excluding hydrogens is 454 g/mol. The molecule has 2 aromatic heterocycles. The molecule has 2 heterocycles. The molecular formula is C24H32BrN5O. The fraction of sp³-hybridized carbons (Fsp3) is 0.458. The number of hydrogen-bond acceptors (Lipinski definition) is 5. The highest BCUT2D eigenvalue weighted by Crippen LogP contribution is 2.21. The van der Waals surface area contributed by atoms with Crippen molar-refractivity contribution in [2.24, 2.45) is 13.0 Å². The molecule has 0 radical (unpaired) electrons. The van der Waals surface area contributed by atoms with Gasteiger partial charge in [-0.3, -0.25) is 4.79 Å². The third-order valence-electron chi connectivity index (χ3n) is 5.76. The summed E-state index contributed by atoms with van der Waals surface area (Å²) in [6, 6.07) is 10.0. The number of hydrogen-bond donors (Lipinski definition) is 2. The summed E-state index contributed by atoms with van der Waals surface area (Å²) in [5.41, 5.74) is 2.09.